The maximum Gasteiger partial charge on any atom is 0.410 e. The van der Waals surface area contributed by atoms with Gasteiger partial charge in [-0.3, -0.25) is 4.79 Å². The summed E-state index contributed by atoms with van der Waals surface area (Å²) in [6.07, 6.45) is 3.37. The molecular weight excluding hydrogens is 378 g/mol. The van der Waals surface area contributed by atoms with Crippen molar-refractivity contribution in [3.63, 3.8) is 0 Å². The molecule has 30 heavy (non-hydrogen) atoms. The number of amides is 2. The summed E-state index contributed by atoms with van der Waals surface area (Å²) in [5.41, 5.74) is 1.72. The molecule has 6 heteroatoms. The lowest BCUT2D eigenvalue weighted by molar-refractivity contribution is -0.140. The Morgan fingerprint density at radius 1 is 1.00 bits per heavy atom. The molecule has 0 bridgehead atoms. The van der Waals surface area contributed by atoms with Crippen LogP contribution in [0.5, 0.6) is 0 Å². The summed E-state index contributed by atoms with van der Waals surface area (Å²) in [4.78, 5) is 29.9. The molecule has 160 valence electrons. The van der Waals surface area contributed by atoms with Crippen LogP contribution < -0.4 is 0 Å². The number of fused-ring (bicyclic) bond motifs is 1. The van der Waals surface area contributed by atoms with E-state index in [4.69, 9.17) is 4.74 Å². The Morgan fingerprint density at radius 2 is 1.77 bits per heavy atom. The Morgan fingerprint density at radius 3 is 2.50 bits per heavy atom. The fourth-order valence-electron chi connectivity index (χ4n) is 4.51. The number of rotatable bonds is 2. The second kappa shape index (κ2) is 8.17. The van der Waals surface area contributed by atoms with E-state index in [2.05, 4.69) is 29.0 Å². The summed E-state index contributed by atoms with van der Waals surface area (Å²) in [7, 11) is 0. The van der Waals surface area contributed by atoms with E-state index >= 15 is 0 Å². The van der Waals surface area contributed by atoms with Crippen molar-refractivity contribution >= 4 is 12.0 Å². The summed E-state index contributed by atoms with van der Waals surface area (Å²) in [6, 6.07) is 14.3. The van der Waals surface area contributed by atoms with Crippen LogP contribution in [0.25, 0.3) is 0 Å². The second-order valence-electron chi connectivity index (χ2n) is 9.24. The minimum absolute atomic E-state index is 0.0978. The number of aromatic nitrogens is 1. The van der Waals surface area contributed by atoms with E-state index in [1.54, 1.807) is 4.90 Å². The summed E-state index contributed by atoms with van der Waals surface area (Å²) in [6.45, 7) is 8.12. The van der Waals surface area contributed by atoms with Gasteiger partial charge in [0.15, 0.2) is 0 Å². The minimum Gasteiger partial charge on any atom is -0.444 e. The number of hydrogen-bond acceptors (Lipinski definition) is 3. The van der Waals surface area contributed by atoms with E-state index in [-0.39, 0.29) is 24.0 Å². The van der Waals surface area contributed by atoms with Crippen molar-refractivity contribution in [3.05, 3.63) is 59.9 Å². The lowest BCUT2D eigenvalue weighted by atomic mass is 9.93. The number of likely N-dealkylation sites (tertiary alicyclic amines) is 1. The maximum atomic E-state index is 13.7. The number of nitrogens with zero attached hydrogens (tertiary/aromatic N) is 3. The number of benzene rings is 1. The van der Waals surface area contributed by atoms with Gasteiger partial charge in [-0.1, -0.05) is 30.3 Å². The van der Waals surface area contributed by atoms with Gasteiger partial charge in [-0.15, -0.1) is 0 Å². The Balaban J connectivity index is 1.55. The lowest BCUT2D eigenvalue weighted by Crippen LogP contribution is -2.50. The van der Waals surface area contributed by atoms with Gasteiger partial charge in [0.2, 0.25) is 5.91 Å². The third-order valence-corrected chi connectivity index (χ3v) is 5.86. The van der Waals surface area contributed by atoms with E-state index in [1.165, 1.54) is 0 Å². The largest absolute Gasteiger partial charge is 0.444 e. The third-order valence-electron chi connectivity index (χ3n) is 5.86. The molecule has 1 saturated heterocycles. The van der Waals surface area contributed by atoms with Gasteiger partial charge >= 0.3 is 6.09 Å². The molecule has 0 spiro atoms. The van der Waals surface area contributed by atoms with E-state index in [9.17, 15) is 9.59 Å². The fraction of sp³-hybridized carbons (Fsp3) is 0.500. The quantitative estimate of drug-likeness (QED) is 0.751. The lowest BCUT2D eigenvalue weighted by Gasteiger charge is -2.41. The maximum absolute atomic E-state index is 13.7. The third kappa shape index (κ3) is 4.23. The Kier molecular flexibility index (Phi) is 5.58. The predicted molar refractivity (Wildman–Crippen MR) is 115 cm³/mol. The van der Waals surface area contributed by atoms with Crippen LogP contribution in [0.1, 0.15) is 50.9 Å². The standard InChI is InChI=1S/C24H31N3O3/c1-24(2,3)30-23(29)26-14-7-11-19(17-26)22(28)27-16-15-25-13-8-12-20(25)21(27)18-9-5-4-6-10-18/h4-6,8-10,12-13,19,21H,7,11,14-17H2,1-3H3. The molecule has 2 atom stereocenters. The molecule has 0 radical (unpaired) electrons. The first kappa shape index (κ1) is 20.5. The Bertz CT molecular complexity index is 900. The first-order valence-corrected chi connectivity index (χ1v) is 10.8. The topological polar surface area (TPSA) is 54.8 Å². The van der Waals surface area contributed by atoms with Crippen molar-refractivity contribution in [1.82, 2.24) is 14.4 Å². The SMILES string of the molecule is CC(C)(C)OC(=O)N1CCCC(C(=O)N2CCn3cccc3C2c2ccccc2)C1. The van der Waals surface area contributed by atoms with Crippen molar-refractivity contribution in [1.29, 1.82) is 0 Å². The smallest absolute Gasteiger partial charge is 0.410 e. The molecule has 3 heterocycles. The molecule has 2 aliphatic heterocycles. The van der Waals surface area contributed by atoms with Gasteiger partial charge in [0.25, 0.3) is 0 Å². The molecule has 2 aromatic rings. The summed E-state index contributed by atoms with van der Waals surface area (Å²) in [5.74, 6) is -0.0662. The van der Waals surface area contributed by atoms with Crippen LogP contribution in [0.15, 0.2) is 48.7 Å². The van der Waals surface area contributed by atoms with Crippen molar-refractivity contribution in [2.45, 2.75) is 51.8 Å². The van der Waals surface area contributed by atoms with Gasteiger partial charge in [-0.05, 0) is 51.3 Å². The number of piperidine rings is 1. The zero-order valence-electron chi connectivity index (χ0n) is 18.1. The van der Waals surface area contributed by atoms with Crippen LogP contribution in [0.2, 0.25) is 0 Å². The molecule has 0 aliphatic carbocycles. The van der Waals surface area contributed by atoms with Gasteiger partial charge < -0.3 is 19.1 Å². The highest BCUT2D eigenvalue weighted by atomic mass is 16.6. The molecule has 1 aromatic heterocycles. The van der Waals surface area contributed by atoms with E-state index < -0.39 is 5.60 Å². The Labute approximate surface area is 178 Å². The Hall–Kier alpha value is -2.76. The van der Waals surface area contributed by atoms with Crippen molar-refractivity contribution in [2.75, 3.05) is 19.6 Å². The van der Waals surface area contributed by atoms with Crippen molar-refractivity contribution < 1.29 is 14.3 Å². The summed E-state index contributed by atoms with van der Waals surface area (Å²) < 4.78 is 7.77. The second-order valence-corrected chi connectivity index (χ2v) is 9.24. The predicted octanol–water partition coefficient (Wildman–Crippen LogP) is 4.07. The van der Waals surface area contributed by atoms with Gasteiger partial charge in [0.05, 0.1) is 12.0 Å². The van der Waals surface area contributed by atoms with Crippen LogP contribution in [0, 0.1) is 5.92 Å². The zero-order valence-corrected chi connectivity index (χ0v) is 18.1. The number of carbonyl (C=O) groups is 2. The molecule has 1 fully saturated rings. The van der Waals surface area contributed by atoms with Gasteiger partial charge in [-0.25, -0.2) is 4.79 Å². The average molecular weight is 410 g/mol. The highest BCUT2D eigenvalue weighted by Crippen LogP contribution is 2.34. The van der Waals surface area contributed by atoms with Crippen LogP contribution in [0.3, 0.4) is 0 Å². The van der Waals surface area contributed by atoms with Crippen LogP contribution in [0.4, 0.5) is 4.79 Å². The van der Waals surface area contributed by atoms with Crippen molar-refractivity contribution in [2.24, 2.45) is 5.92 Å². The number of hydrogen-bond donors (Lipinski definition) is 0. The van der Waals surface area contributed by atoms with Gasteiger partial charge in [0.1, 0.15) is 5.60 Å². The van der Waals surface area contributed by atoms with Gasteiger partial charge in [-0.2, -0.15) is 0 Å². The minimum atomic E-state index is -0.537. The molecular formula is C24H31N3O3. The van der Waals surface area contributed by atoms with E-state index in [1.807, 2.05) is 49.9 Å². The van der Waals surface area contributed by atoms with Crippen LogP contribution in [-0.4, -0.2) is 51.6 Å². The molecule has 2 unspecified atom stereocenters. The first-order valence-electron chi connectivity index (χ1n) is 10.8. The highest BCUT2D eigenvalue weighted by molar-refractivity contribution is 5.81. The van der Waals surface area contributed by atoms with E-state index in [0.717, 1.165) is 30.6 Å². The number of ether oxygens (including phenoxy) is 1. The molecule has 2 amide bonds. The molecule has 2 aliphatic rings. The molecule has 0 saturated carbocycles. The van der Waals surface area contributed by atoms with Crippen LogP contribution in [-0.2, 0) is 16.1 Å². The average Bonchev–Trinajstić information content (AvgIpc) is 3.21. The van der Waals surface area contributed by atoms with Crippen molar-refractivity contribution in [3.8, 4) is 0 Å². The van der Waals surface area contributed by atoms with Crippen LogP contribution >= 0.6 is 0 Å². The highest BCUT2D eigenvalue weighted by Gasteiger charge is 2.38. The fourth-order valence-corrected chi connectivity index (χ4v) is 4.51. The number of carbonyl (C=O) groups excluding carboxylic acids is 2. The van der Waals surface area contributed by atoms with Gasteiger partial charge in [0, 0.05) is 38.1 Å². The summed E-state index contributed by atoms with van der Waals surface area (Å²) >= 11 is 0. The normalized spacial score (nSPS) is 21.8. The molecule has 0 N–H and O–H groups in total. The zero-order chi connectivity index (χ0) is 21.3. The monoisotopic (exact) mass is 409 g/mol. The first-order chi connectivity index (χ1) is 14.3. The summed E-state index contributed by atoms with van der Waals surface area (Å²) in [5, 5.41) is 0. The molecule has 1 aromatic carbocycles. The van der Waals surface area contributed by atoms with E-state index in [0.29, 0.717) is 19.6 Å². The molecule has 6 nitrogen and oxygen atoms in total. The molecule has 4 rings (SSSR count).